The van der Waals surface area contributed by atoms with Crippen molar-refractivity contribution in [2.45, 2.75) is 18.4 Å². The summed E-state index contributed by atoms with van der Waals surface area (Å²) >= 11 is 1.01. The molecule has 0 N–H and O–H groups in total. The molecule has 0 amide bonds. The van der Waals surface area contributed by atoms with Crippen LogP contribution in [0.15, 0.2) is 46.2 Å². The van der Waals surface area contributed by atoms with E-state index in [4.69, 9.17) is 4.42 Å². The van der Waals surface area contributed by atoms with E-state index in [2.05, 4.69) is 19.7 Å². The van der Waals surface area contributed by atoms with Gasteiger partial charge in [0.25, 0.3) is 0 Å². The van der Waals surface area contributed by atoms with Crippen LogP contribution in [0, 0.1) is 0 Å². The molecule has 154 valence electrons. The van der Waals surface area contributed by atoms with Crippen molar-refractivity contribution in [1.82, 2.24) is 14.8 Å². The van der Waals surface area contributed by atoms with E-state index in [1.54, 1.807) is 23.7 Å². The third-order valence-electron chi connectivity index (χ3n) is 3.60. The zero-order valence-corrected chi connectivity index (χ0v) is 15.5. The Bertz CT molecular complexity index is 979. The number of hydrogen-bond acceptors (Lipinski definition) is 7. The van der Waals surface area contributed by atoms with Crippen molar-refractivity contribution in [3.63, 3.8) is 0 Å². The number of halogens is 4. The number of thioether (sulfide) groups is 1. The molecule has 3 rings (SSSR count). The van der Waals surface area contributed by atoms with Gasteiger partial charge in [0.1, 0.15) is 11.5 Å². The molecule has 0 aliphatic rings. The van der Waals surface area contributed by atoms with Gasteiger partial charge in [0, 0.05) is 13.1 Å². The average molecular weight is 431 g/mol. The highest BCUT2D eigenvalue weighted by Crippen LogP contribution is 2.30. The number of alkyl halides is 4. The van der Waals surface area contributed by atoms with E-state index in [0.29, 0.717) is 16.7 Å². The topological polar surface area (TPSA) is 79.4 Å². The molecule has 12 heteroatoms. The first-order chi connectivity index (χ1) is 13.8. The predicted octanol–water partition coefficient (Wildman–Crippen LogP) is 4.25. The van der Waals surface area contributed by atoms with Gasteiger partial charge in [0.05, 0.1) is 17.6 Å². The van der Waals surface area contributed by atoms with Crippen LogP contribution in [0.1, 0.15) is 10.4 Å². The van der Waals surface area contributed by atoms with E-state index in [1.165, 1.54) is 6.26 Å². The molecule has 0 atom stereocenters. The molecular weight excluding hydrogens is 418 g/mol. The molecule has 0 aliphatic carbocycles. The molecule has 0 fully saturated rings. The summed E-state index contributed by atoms with van der Waals surface area (Å²) in [5, 5.41) is 8.33. The smallest absolute Gasteiger partial charge is 0.387 e. The summed E-state index contributed by atoms with van der Waals surface area (Å²) < 4.78 is 65.2. The number of benzene rings is 1. The maximum atomic E-state index is 12.6. The fraction of sp³-hybridized carbons (Fsp3) is 0.235. The number of carbonyl (C=O) groups is 1. The standard InChI is InChI=1S/C17H13F4N3O4S/c1-24-14(12-3-2-6-26-12)22-23-17(24)29-8-11(25)10-5-4-9(27-15(18)19)7-13(10)28-16(20)21/h2-7,15-16H,8H2,1H3. The summed E-state index contributed by atoms with van der Waals surface area (Å²) in [5.41, 5.74) is -0.201. The van der Waals surface area contributed by atoms with E-state index < -0.39 is 30.5 Å². The molecule has 0 unspecified atom stereocenters. The highest BCUT2D eigenvalue weighted by atomic mass is 32.2. The van der Waals surface area contributed by atoms with E-state index in [1.807, 2.05) is 0 Å². The Kier molecular flexibility index (Phi) is 6.42. The van der Waals surface area contributed by atoms with Gasteiger partial charge in [-0.3, -0.25) is 4.79 Å². The highest BCUT2D eigenvalue weighted by Gasteiger charge is 2.20. The number of hydrogen-bond donors (Lipinski definition) is 0. The molecule has 3 aromatic rings. The van der Waals surface area contributed by atoms with Crippen molar-refractivity contribution in [2.24, 2.45) is 7.05 Å². The molecule has 0 saturated heterocycles. The van der Waals surface area contributed by atoms with Crippen molar-refractivity contribution in [3.05, 3.63) is 42.2 Å². The minimum absolute atomic E-state index is 0.182. The third kappa shape index (κ3) is 5.08. The molecule has 7 nitrogen and oxygen atoms in total. The SMILES string of the molecule is Cn1c(SCC(=O)c2ccc(OC(F)F)cc2OC(F)F)nnc1-c1ccco1. The van der Waals surface area contributed by atoms with Crippen LogP contribution in [0.3, 0.4) is 0 Å². The van der Waals surface area contributed by atoms with Gasteiger partial charge in [-0.2, -0.15) is 17.6 Å². The maximum Gasteiger partial charge on any atom is 0.387 e. The number of ether oxygens (including phenoxy) is 2. The van der Waals surface area contributed by atoms with Gasteiger partial charge in [-0.1, -0.05) is 11.8 Å². The van der Waals surface area contributed by atoms with Crippen molar-refractivity contribution in [3.8, 4) is 23.1 Å². The van der Waals surface area contributed by atoms with Crippen molar-refractivity contribution < 1.29 is 36.2 Å². The fourth-order valence-electron chi connectivity index (χ4n) is 2.37. The number of rotatable bonds is 9. The average Bonchev–Trinajstić information content (AvgIpc) is 3.28. The van der Waals surface area contributed by atoms with Gasteiger partial charge in [0.2, 0.25) is 0 Å². The Morgan fingerprint density at radius 3 is 2.59 bits per heavy atom. The fourth-order valence-corrected chi connectivity index (χ4v) is 3.17. The van der Waals surface area contributed by atoms with Crippen LogP contribution >= 0.6 is 11.8 Å². The quantitative estimate of drug-likeness (QED) is 0.285. The summed E-state index contributed by atoms with van der Waals surface area (Å²) in [7, 11) is 1.67. The molecule has 2 heterocycles. The van der Waals surface area contributed by atoms with Crippen LogP contribution < -0.4 is 9.47 Å². The van der Waals surface area contributed by atoms with Crippen molar-refractivity contribution >= 4 is 17.5 Å². The zero-order chi connectivity index (χ0) is 21.0. The second-order valence-electron chi connectivity index (χ2n) is 5.47. The summed E-state index contributed by atoms with van der Waals surface area (Å²) in [6, 6.07) is 6.35. The second kappa shape index (κ2) is 8.99. The van der Waals surface area contributed by atoms with Gasteiger partial charge < -0.3 is 18.5 Å². The Morgan fingerprint density at radius 2 is 1.93 bits per heavy atom. The van der Waals surface area contributed by atoms with Gasteiger partial charge in [-0.15, -0.1) is 10.2 Å². The first kappa shape index (κ1) is 20.7. The Labute approximate surface area is 165 Å². The lowest BCUT2D eigenvalue weighted by atomic mass is 10.1. The minimum Gasteiger partial charge on any atom is -0.461 e. The van der Waals surface area contributed by atoms with E-state index >= 15 is 0 Å². The number of ketones is 1. The maximum absolute atomic E-state index is 12.6. The van der Waals surface area contributed by atoms with Crippen LogP contribution in [0.25, 0.3) is 11.6 Å². The van der Waals surface area contributed by atoms with Crippen molar-refractivity contribution in [1.29, 1.82) is 0 Å². The molecule has 2 aromatic heterocycles. The highest BCUT2D eigenvalue weighted by molar-refractivity contribution is 7.99. The minimum atomic E-state index is -3.24. The van der Waals surface area contributed by atoms with Gasteiger partial charge in [-0.25, -0.2) is 0 Å². The third-order valence-corrected chi connectivity index (χ3v) is 4.62. The Hall–Kier alpha value is -3.02. The summed E-state index contributed by atoms with van der Waals surface area (Å²) in [5.74, 6) is -0.787. The van der Waals surface area contributed by atoms with Gasteiger partial charge >= 0.3 is 13.2 Å². The molecule has 0 spiro atoms. The largest absolute Gasteiger partial charge is 0.461 e. The molecule has 0 saturated carbocycles. The molecule has 0 aliphatic heterocycles. The zero-order valence-electron chi connectivity index (χ0n) is 14.7. The summed E-state index contributed by atoms with van der Waals surface area (Å²) in [6.45, 7) is -6.39. The van der Waals surface area contributed by atoms with Crippen LogP contribution in [0.4, 0.5) is 17.6 Å². The van der Waals surface area contributed by atoms with E-state index in [0.717, 1.165) is 30.0 Å². The van der Waals surface area contributed by atoms with Crippen LogP contribution in [-0.2, 0) is 7.05 Å². The van der Waals surface area contributed by atoms with Crippen LogP contribution in [-0.4, -0.2) is 39.5 Å². The monoisotopic (exact) mass is 431 g/mol. The predicted molar refractivity (Wildman–Crippen MR) is 93.5 cm³/mol. The number of furan rings is 1. The lowest BCUT2D eigenvalue weighted by Gasteiger charge is -2.12. The van der Waals surface area contributed by atoms with Crippen LogP contribution in [0.5, 0.6) is 11.5 Å². The molecule has 0 radical (unpaired) electrons. The number of aromatic nitrogens is 3. The molecule has 29 heavy (non-hydrogen) atoms. The normalized spacial score (nSPS) is 11.3. The first-order valence-corrected chi connectivity index (χ1v) is 8.96. The second-order valence-corrected chi connectivity index (χ2v) is 6.41. The lowest BCUT2D eigenvalue weighted by Crippen LogP contribution is -2.11. The number of nitrogens with zero attached hydrogens (tertiary/aromatic N) is 3. The summed E-state index contributed by atoms with van der Waals surface area (Å²) in [4.78, 5) is 12.5. The van der Waals surface area contributed by atoms with Crippen molar-refractivity contribution in [2.75, 3.05) is 5.75 Å². The van der Waals surface area contributed by atoms with E-state index in [9.17, 15) is 22.4 Å². The first-order valence-electron chi connectivity index (χ1n) is 7.98. The molecular formula is C17H13F4N3O4S. The van der Waals surface area contributed by atoms with Gasteiger partial charge in [-0.05, 0) is 24.3 Å². The summed E-state index contributed by atoms with van der Waals surface area (Å²) in [6.07, 6.45) is 1.48. The molecule has 0 bridgehead atoms. The molecule has 1 aromatic carbocycles. The van der Waals surface area contributed by atoms with E-state index in [-0.39, 0.29) is 11.3 Å². The lowest BCUT2D eigenvalue weighted by molar-refractivity contribution is -0.0544. The number of carbonyl (C=O) groups excluding carboxylic acids is 1. The van der Waals surface area contributed by atoms with Crippen LogP contribution in [0.2, 0.25) is 0 Å². The Balaban J connectivity index is 1.75. The van der Waals surface area contributed by atoms with Gasteiger partial charge in [0.15, 0.2) is 22.5 Å². The Morgan fingerprint density at radius 1 is 1.17 bits per heavy atom. The number of Topliss-reactive ketones (excluding diaryl/α,β-unsaturated/α-hetero) is 1.